The third-order valence-corrected chi connectivity index (χ3v) is 2.61. The van der Waals surface area contributed by atoms with E-state index < -0.39 is 30.4 Å². The molecule has 4 nitrogen and oxygen atoms in total. The Bertz CT molecular complexity index is 409. The number of alkyl halides is 1. The van der Waals surface area contributed by atoms with E-state index in [4.69, 9.17) is 5.73 Å². The summed E-state index contributed by atoms with van der Waals surface area (Å²) in [7, 11) is 0. The van der Waals surface area contributed by atoms with Crippen LogP contribution in [-0.4, -0.2) is 30.4 Å². The number of rotatable bonds is 6. The van der Waals surface area contributed by atoms with Gasteiger partial charge in [0.25, 0.3) is 0 Å². The van der Waals surface area contributed by atoms with Crippen LogP contribution in [-0.2, 0) is 16.0 Å². The van der Waals surface area contributed by atoms with Crippen molar-refractivity contribution in [1.82, 2.24) is 5.32 Å². The summed E-state index contributed by atoms with van der Waals surface area (Å²) in [4.78, 5) is 22.7. The molecule has 5 heteroatoms. The van der Waals surface area contributed by atoms with Crippen LogP contribution < -0.4 is 11.1 Å². The second-order valence-electron chi connectivity index (χ2n) is 4.13. The SMILES string of the molecule is CC(NC(=O)C(N)Cc1ccccc1)C(=O)CF. The number of nitrogens with two attached hydrogens (primary N) is 1. The smallest absolute Gasteiger partial charge is 0.237 e. The zero-order valence-corrected chi connectivity index (χ0v) is 10.2. The molecule has 0 heterocycles. The van der Waals surface area contributed by atoms with E-state index in [0.29, 0.717) is 6.42 Å². The van der Waals surface area contributed by atoms with Crippen LogP contribution in [0.15, 0.2) is 30.3 Å². The van der Waals surface area contributed by atoms with Gasteiger partial charge in [-0.1, -0.05) is 30.3 Å². The standard InChI is InChI=1S/C13H17FN2O2/c1-9(12(17)8-14)16-13(18)11(15)7-10-5-3-2-4-6-10/h2-6,9,11H,7-8,15H2,1H3,(H,16,18). The molecule has 0 aliphatic rings. The highest BCUT2D eigenvalue weighted by atomic mass is 19.1. The molecular weight excluding hydrogens is 235 g/mol. The predicted octanol–water partition coefficient (Wildman–Crippen LogP) is 0.600. The number of Topliss-reactive ketones (excluding diaryl/α,β-unsaturated/α-hetero) is 1. The summed E-state index contributed by atoms with van der Waals surface area (Å²) in [5.41, 5.74) is 6.66. The first-order valence-corrected chi connectivity index (χ1v) is 5.73. The molecule has 1 rings (SSSR count). The number of carbonyl (C=O) groups excluding carboxylic acids is 2. The first-order chi connectivity index (χ1) is 8.54. The number of hydrogen-bond donors (Lipinski definition) is 2. The maximum Gasteiger partial charge on any atom is 0.237 e. The molecule has 0 fully saturated rings. The Balaban J connectivity index is 2.49. The largest absolute Gasteiger partial charge is 0.345 e. The van der Waals surface area contributed by atoms with Crippen molar-refractivity contribution >= 4 is 11.7 Å². The first-order valence-electron chi connectivity index (χ1n) is 5.73. The van der Waals surface area contributed by atoms with E-state index in [-0.39, 0.29) is 0 Å². The fourth-order valence-electron chi connectivity index (χ4n) is 1.48. The Morgan fingerprint density at radius 2 is 1.94 bits per heavy atom. The number of hydrogen-bond acceptors (Lipinski definition) is 3. The summed E-state index contributed by atoms with van der Waals surface area (Å²) in [6.45, 7) is 0.352. The van der Waals surface area contributed by atoms with Crippen LogP contribution >= 0.6 is 0 Å². The molecule has 0 bridgehead atoms. The quantitative estimate of drug-likeness (QED) is 0.778. The molecule has 1 aromatic carbocycles. The van der Waals surface area contributed by atoms with E-state index >= 15 is 0 Å². The normalized spacial score (nSPS) is 13.7. The van der Waals surface area contributed by atoms with Crippen molar-refractivity contribution in [2.75, 3.05) is 6.67 Å². The summed E-state index contributed by atoms with van der Waals surface area (Å²) in [6, 6.07) is 7.72. The topological polar surface area (TPSA) is 72.2 Å². The Morgan fingerprint density at radius 1 is 1.33 bits per heavy atom. The van der Waals surface area contributed by atoms with Crippen molar-refractivity contribution in [3.63, 3.8) is 0 Å². The third-order valence-electron chi connectivity index (χ3n) is 2.61. The van der Waals surface area contributed by atoms with E-state index in [1.54, 1.807) is 0 Å². The van der Waals surface area contributed by atoms with E-state index in [9.17, 15) is 14.0 Å². The molecule has 0 aliphatic heterocycles. The second kappa shape index (κ2) is 6.86. The van der Waals surface area contributed by atoms with Gasteiger partial charge in [0.15, 0.2) is 5.78 Å². The van der Waals surface area contributed by atoms with Crippen molar-refractivity contribution in [3.05, 3.63) is 35.9 Å². The van der Waals surface area contributed by atoms with Crippen LogP contribution in [0.1, 0.15) is 12.5 Å². The van der Waals surface area contributed by atoms with Gasteiger partial charge in [-0.2, -0.15) is 0 Å². The van der Waals surface area contributed by atoms with E-state index in [1.165, 1.54) is 6.92 Å². The third kappa shape index (κ3) is 4.25. The van der Waals surface area contributed by atoms with Gasteiger partial charge in [-0.15, -0.1) is 0 Å². The van der Waals surface area contributed by atoms with Crippen molar-refractivity contribution in [2.24, 2.45) is 5.73 Å². The lowest BCUT2D eigenvalue weighted by atomic mass is 10.1. The highest BCUT2D eigenvalue weighted by Gasteiger charge is 2.19. The molecule has 1 aromatic rings. The van der Waals surface area contributed by atoms with E-state index in [1.807, 2.05) is 30.3 Å². The van der Waals surface area contributed by atoms with E-state index in [2.05, 4.69) is 5.32 Å². The van der Waals surface area contributed by atoms with Gasteiger partial charge in [-0.3, -0.25) is 9.59 Å². The Hall–Kier alpha value is -1.75. The minimum Gasteiger partial charge on any atom is -0.345 e. The fraction of sp³-hybridized carbons (Fsp3) is 0.385. The van der Waals surface area contributed by atoms with Crippen LogP contribution in [0.4, 0.5) is 4.39 Å². The average molecular weight is 252 g/mol. The first kappa shape index (κ1) is 14.3. The summed E-state index contributed by atoms with van der Waals surface area (Å²) in [6.07, 6.45) is 0.378. The zero-order chi connectivity index (χ0) is 13.5. The predicted molar refractivity (Wildman–Crippen MR) is 66.7 cm³/mol. The van der Waals surface area contributed by atoms with Crippen LogP contribution in [0.2, 0.25) is 0 Å². The van der Waals surface area contributed by atoms with Crippen LogP contribution in [0.25, 0.3) is 0 Å². The molecule has 2 unspecified atom stereocenters. The lowest BCUT2D eigenvalue weighted by Crippen LogP contribution is -2.48. The highest BCUT2D eigenvalue weighted by molar-refractivity contribution is 5.91. The van der Waals surface area contributed by atoms with Crippen LogP contribution in [0.3, 0.4) is 0 Å². The molecule has 2 atom stereocenters. The minimum atomic E-state index is -1.09. The molecule has 0 spiro atoms. The summed E-state index contributed by atoms with van der Waals surface area (Å²) in [5, 5.41) is 2.40. The van der Waals surface area contributed by atoms with Gasteiger partial charge >= 0.3 is 0 Å². The summed E-state index contributed by atoms with van der Waals surface area (Å²) in [5.74, 6) is -1.11. The zero-order valence-electron chi connectivity index (χ0n) is 10.2. The minimum absolute atomic E-state index is 0.378. The van der Waals surface area contributed by atoms with Crippen LogP contribution in [0, 0.1) is 0 Å². The molecule has 0 saturated heterocycles. The van der Waals surface area contributed by atoms with Gasteiger partial charge in [-0.25, -0.2) is 4.39 Å². The Kier molecular flexibility index (Phi) is 5.45. The van der Waals surface area contributed by atoms with Crippen LogP contribution in [0.5, 0.6) is 0 Å². The van der Waals surface area contributed by atoms with Crippen molar-refractivity contribution in [2.45, 2.75) is 25.4 Å². The van der Waals surface area contributed by atoms with Crippen molar-refractivity contribution < 1.29 is 14.0 Å². The van der Waals surface area contributed by atoms with Gasteiger partial charge in [-0.05, 0) is 18.9 Å². The molecular formula is C13H17FN2O2. The number of benzene rings is 1. The number of carbonyl (C=O) groups is 2. The molecule has 98 valence electrons. The maximum absolute atomic E-state index is 12.1. The molecule has 0 radical (unpaired) electrons. The number of nitrogens with one attached hydrogen (secondary N) is 1. The maximum atomic E-state index is 12.1. The summed E-state index contributed by atoms with van der Waals surface area (Å²) < 4.78 is 12.1. The molecule has 1 amide bonds. The van der Waals surface area contributed by atoms with Gasteiger partial charge in [0.05, 0.1) is 12.1 Å². The van der Waals surface area contributed by atoms with Crippen molar-refractivity contribution in [1.29, 1.82) is 0 Å². The monoisotopic (exact) mass is 252 g/mol. The Labute approximate surface area is 105 Å². The average Bonchev–Trinajstić information content (AvgIpc) is 2.38. The molecule has 18 heavy (non-hydrogen) atoms. The number of amides is 1. The molecule has 3 N–H and O–H groups in total. The van der Waals surface area contributed by atoms with Crippen molar-refractivity contribution in [3.8, 4) is 0 Å². The number of ketones is 1. The van der Waals surface area contributed by atoms with Gasteiger partial charge in [0.1, 0.15) is 6.67 Å². The molecule has 0 saturated carbocycles. The van der Waals surface area contributed by atoms with E-state index in [0.717, 1.165) is 5.56 Å². The fourth-order valence-corrected chi connectivity index (χ4v) is 1.48. The molecule has 0 aliphatic carbocycles. The molecule has 0 aromatic heterocycles. The van der Waals surface area contributed by atoms with Gasteiger partial charge < -0.3 is 11.1 Å². The Morgan fingerprint density at radius 3 is 2.50 bits per heavy atom. The number of halogens is 1. The summed E-state index contributed by atoms with van der Waals surface area (Å²) >= 11 is 0. The highest BCUT2D eigenvalue weighted by Crippen LogP contribution is 2.02. The van der Waals surface area contributed by atoms with Gasteiger partial charge in [0.2, 0.25) is 5.91 Å². The second-order valence-corrected chi connectivity index (χ2v) is 4.13. The van der Waals surface area contributed by atoms with Gasteiger partial charge in [0, 0.05) is 0 Å². The lowest BCUT2D eigenvalue weighted by Gasteiger charge is -2.15. The lowest BCUT2D eigenvalue weighted by molar-refractivity contribution is -0.128.